The average Bonchev–Trinajstić information content (AvgIpc) is 2.87. The summed E-state index contributed by atoms with van der Waals surface area (Å²) < 4.78 is 5.23. The number of methoxy groups -OCH3 is 1. The summed E-state index contributed by atoms with van der Waals surface area (Å²) in [6.45, 7) is 7.16. The van der Waals surface area contributed by atoms with Crippen LogP contribution in [-0.2, 0) is 11.3 Å². The summed E-state index contributed by atoms with van der Waals surface area (Å²) in [5, 5.41) is 9.38. The third-order valence-electron chi connectivity index (χ3n) is 3.68. The molecule has 2 heterocycles. The molecule has 4 nitrogen and oxygen atoms in total. The topological polar surface area (TPSA) is 45.6 Å². The number of hydrogen-bond donors (Lipinski definition) is 1. The van der Waals surface area contributed by atoms with Crippen molar-refractivity contribution >= 4 is 5.82 Å². The molecule has 1 unspecified atom stereocenters. The molecule has 0 radical (unpaired) electrons. The highest BCUT2D eigenvalue weighted by atomic mass is 16.5. The highest BCUT2D eigenvalue weighted by Gasteiger charge is 2.24. The van der Waals surface area contributed by atoms with Crippen LogP contribution in [-0.4, -0.2) is 36.9 Å². The first-order valence-corrected chi connectivity index (χ1v) is 6.99. The van der Waals surface area contributed by atoms with Gasteiger partial charge in [-0.05, 0) is 30.0 Å². The lowest BCUT2D eigenvalue weighted by Crippen LogP contribution is -2.22. The minimum Gasteiger partial charge on any atom is -0.392 e. The van der Waals surface area contributed by atoms with Crippen LogP contribution >= 0.6 is 0 Å². The van der Waals surface area contributed by atoms with Crippen molar-refractivity contribution in [2.75, 3.05) is 31.7 Å². The van der Waals surface area contributed by atoms with Gasteiger partial charge in [0.1, 0.15) is 5.82 Å². The molecule has 1 aromatic rings. The van der Waals surface area contributed by atoms with Crippen molar-refractivity contribution in [3.8, 4) is 0 Å². The lowest BCUT2D eigenvalue weighted by Gasteiger charge is -2.20. The normalized spacial score (nSPS) is 19.4. The Hall–Kier alpha value is -1.13. The molecule has 0 spiro atoms. The van der Waals surface area contributed by atoms with Crippen LogP contribution in [0.1, 0.15) is 37.4 Å². The van der Waals surface area contributed by atoms with Gasteiger partial charge in [0.05, 0.1) is 13.2 Å². The van der Waals surface area contributed by atoms with Crippen LogP contribution in [0.5, 0.6) is 0 Å². The van der Waals surface area contributed by atoms with Gasteiger partial charge >= 0.3 is 0 Å². The van der Waals surface area contributed by atoms with E-state index >= 15 is 0 Å². The number of aliphatic hydroxyl groups excluding tert-OH is 1. The van der Waals surface area contributed by atoms with Crippen LogP contribution in [0.15, 0.2) is 12.1 Å². The molecule has 1 atom stereocenters. The van der Waals surface area contributed by atoms with Crippen LogP contribution in [0.4, 0.5) is 5.82 Å². The molecule has 0 saturated carbocycles. The number of nitrogens with zero attached hydrogens (tertiary/aromatic N) is 2. The van der Waals surface area contributed by atoms with Crippen LogP contribution in [0, 0.1) is 5.92 Å². The third kappa shape index (κ3) is 3.45. The monoisotopic (exact) mass is 264 g/mol. The standard InChI is InChI=1S/C15H24N2O2/c1-11(2)14-6-13(9-18)7-15(16-14)17-5-4-12(8-17)10-19-3/h6-7,11-12,18H,4-5,8-10H2,1-3H3. The SMILES string of the molecule is COCC1CCN(c2cc(CO)cc(C(C)C)n2)C1. The van der Waals surface area contributed by atoms with Crippen molar-refractivity contribution in [3.63, 3.8) is 0 Å². The van der Waals surface area contributed by atoms with Gasteiger partial charge in [-0.2, -0.15) is 0 Å². The molecule has 1 aromatic heterocycles. The summed E-state index contributed by atoms with van der Waals surface area (Å²) in [4.78, 5) is 7.03. The first-order valence-electron chi connectivity index (χ1n) is 6.99. The number of aromatic nitrogens is 1. The van der Waals surface area contributed by atoms with E-state index < -0.39 is 0 Å². The average molecular weight is 264 g/mol. The molecule has 0 amide bonds. The predicted octanol–water partition coefficient (Wildman–Crippen LogP) is 2.17. The van der Waals surface area contributed by atoms with Gasteiger partial charge in [0.15, 0.2) is 0 Å². The van der Waals surface area contributed by atoms with Gasteiger partial charge in [0, 0.05) is 31.8 Å². The maximum Gasteiger partial charge on any atom is 0.129 e. The Morgan fingerprint density at radius 3 is 2.89 bits per heavy atom. The Kier molecular flexibility index (Phi) is 4.77. The molecular weight excluding hydrogens is 240 g/mol. The molecule has 1 aliphatic rings. The Morgan fingerprint density at radius 1 is 1.47 bits per heavy atom. The van der Waals surface area contributed by atoms with Gasteiger partial charge < -0.3 is 14.7 Å². The van der Waals surface area contributed by atoms with Crippen molar-refractivity contribution in [1.29, 1.82) is 0 Å². The summed E-state index contributed by atoms with van der Waals surface area (Å²) >= 11 is 0. The van der Waals surface area contributed by atoms with E-state index in [1.807, 2.05) is 12.1 Å². The largest absolute Gasteiger partial charge is 0.392 e. The highest BCUT2D eigenvalue weighted by molar-refractivity contribution is 5.44. The second-order valence-electron chi connectivity index (χ2n) is 5.63. The van der Waals surface area contributed by atoms with E-state index in [1.54, 1.807) is 7.11 Å². The van der Waals surface area contributed by atoms with Gasteiger partial charge in [-0.15, -0.1) is 0 Å². The molecule has 1 fully saturated rings. The maximum atomic E-state index is 9.38. The predicted molar refractivity (Wildman–Crippen MR) is 76.4 cm³/mol. The lowest BCUT2D eigenvalue weighted by molar-refractivity contribution is 0.161. The van der Waals surface area contributed by atoms with E-state index in [4.69, 9.17) is 9.72 Å². The van der Waals surface area contributed by atoms with Crippen molar-refractivity contribution in [3.05, 3.63) is 23.4 Å². The molecule has 0 bridgehead atoms. The van der Waals surface area contributed by atoms with Gasteiger partial charge in [-0.3, -0.25) is 0 Å². The molecule has 2 rings (SSSR count). The second-order valence-corrected chi connectivity index (χ2v) is 5.63. The van der Waals surface area contributed by atoms with Crippen LogP contribution in [0.2, 0.25) is 0 Å². The summed E-state index contributed by atoms with van der Waals surface area (Å²) in [6, 6.07) is 4.00. The van der Waals surface area contributed by atoms with E-state index in [2.05, 4.69) is 18.7 Å². The molecule has 1 aliphatic heterocycles. The summed E-state index contributed by atoms with van der Waals surface area (Å²) in [5.74, 6) is 1.96. The van der Waals surface area contributed by atoms with Crippen LogP contribution < -0.4 is 4.90 Å². The molecular formula is C15H24N2O2. The third-order valence-corrected chi connectivity index (χ3v) is 3.68. The Balaban J connectivity index is 2.17. The summed E-state index contributed by atoms with van der Waals surface area (Å²) in [5.41, 5.74) is 2.00. The van der Waals surface area contributed by atoms with Crippen LogP contribution in [0.3, 0.4) is 0 Å². The maximum absolute atomic E-state index is 9.38. The number of anilines is 1. The number of rotatable bonds is 5. The van der Waals surface area contributed by atoms with Gasteiger partial charge in [-0.1, -0.05) is 13.8 Å². The number of aliphatic hydroxyl groups is 1. The number of ether oxygens (including phenoxy) is 1. The van der Waals surface area contributed by atoms with Crippen molar-refractivity contribution in [2.24, 2.45) is 5.92 Å². The second kappa shape index (κ2) is 6.35. The molecule has 4 heteroatoms. The highest BCUT2D eigenvalue weighted by Crippen LogP contribution is 2.25. The van der Waals surface area contributed by atoms with E-state index in [9.17, 15) is 5.11 Å². The summed E-state index contributed by atoms with van der Waals surface area (Å²) in [6.07, 6.45) is 1.15. The minimum atomic E-state index is 0.0740. The van der Waals surface area contributed by atoms with Gasteiger partial charge in [-0.25, -0.2) is 4.98 Å². The zero-order chi connectivity index (χ0) is 13.8. The zero-order valence-electron chi connectivity index (χ0n) is 12.1. The quantitative estimate of drug-likeness (QED) is 0.885. The first kappa shape index (κ1) is 14.3. The Bertz CT molecular complexity index is 421. The lowest BCUT2D eigenvalue weighted by atomic mass is 10.1. The molecule has 106 valence electrons. The molecule has 1 N–H and O–H groups in total. The summed E-state index contributed by atoms with van der Waals surface area (Å²) in [7, 11) is 1.75. The molecule has 0 aliphatic carbocycles. The Morgan fingerprint density at radius 2 is 2.26 bits per heavy atom. The van der Waals surface area contributed by atoms with E-state index in [0.29, 0.717) is 11.8 Å². The smallest absolute Gasteiger partial charge is 0.129 e. The zero-order valence-corrected chi connectivity index (χ0v) is 12.1. The van der Waals surface area contributed by atoms with Crippen molar-refractivity contribution in [1.82, 2.24) is 4.98 Å². The van der Waals surface area contributed by atoms with E-state index in [1.165, 1.54) is 0 Å². The van der Waals surface area contributed by atoms with Crippen molar-refractivity contribution in [2.45, 2.75) is 32.8 Å². The fourth-order valence-corrected chi connectivity index (χ4v) is 2.56. The molecule has 19 heavy (non-hydrogen) atoms. The van der Waals surface area contributed by atoms with Gasteiger partial charge in [0.25, 0.3) is 0 Å². The van der Waals surface area contributed by atoms with Crippen LogP contribution in [0.25, 0.3) is 0 Å². The van der Waals surface area contributed by atoms with Gasteiger partial charge in [0.2, 0.25) is 0 Å². The first-order chi connectivity index (χ1) is 9.13. The minimum absolute atomic E-state index is 0.0740. The number of pyridine rings is 1. The molecule has 1 saturated heterocycles. The van der Waals surface area contributed by atoms with E-state index in [0.717, 1.165) is 43.2 Å². The number of hydrogen-bond acceptors (Lipinski definition) is 4. The fourth-order valence-electron chi connectivity index (χ4n) is 2.56. The van der Waals surface area contributed by atoms with E-state index in [-0.39, 0.29) is 6.61 Å². The van der Waals surface area contributed by atoms with Crippen molar-refractivity contribution < 1.29 is 9.84 Å². The Labute approximate surface area is 115 Å². The molecule has 0 aromatic carbocycles. The fraction of sp³-hybridized carbons (Fsp3) is 0.667.